The van der Waals surface area contributed by atoms with Crippen LogP contribution in [0.15, 0.2) is 71.8 Å². The van der Waals surface area contributed by atoms with E-state index in [1.807, 2.05) is 46.2 Å². The molecule has 0 radical (unpaired) electrons. The first-order chi connectivity index (χ1) is 32.7. The molecular formula is C41H56Cl2F6O10S2Si2. The molecule has 0 spiro atoms. The molecule has 2 N–H and O–H groups in total. The Morgan fingerprint density at radius 1 is 0.714 bits per heavy atom. The summed E-state index contributed by atoms with van der Waals surface area (Å²) >= 11 is 9.53. The lowest BCUT2D eigenvalue weighted by Crippen LogP contribution is -2.33. The summed E-state index contributed by atoms with van der Waals surface area (Å²) in [6, 6.07) is 3.19. The van der Waals surface area contributed by atoms with Gasteiger partial charge in [-0.2, -0.15) is 43.2 Å². The molecule has 2 aliphatic carbocycles. The third-order valence-corrected chi connectivity index (χ3v) is 12.5. The number of hydrogen-bond donors (Lipinski definition) is 2. The Balaban J connectivity index is 0.000000485. The van der Waals surface area contributed by atoms with Crippen LogP contribution in [0.5, 0.6) is 34.5 Å². The van der Waals surface area contributed by atoms with Gasteiger partial charge in [-0.25, -0.2) is 0 Å². The van der Waals surface area contributed by atoms with Crippen molar-refractivity contribution in [2.45, 2.75) is 115 Å². The molecule has 0 amide bonds. The highest BCUT2D eigenvalue weighted by Crippen LogP contribution is 2.50. The average molecular weight is 1020 g/mol. The second-order valence-electron chi connectivity index (χ2n) is 16.4. The van der Waals surface area contributed by atoms with Crippen molar-refractivity contribution >= 4 is 60.1 Å². The number of phenols is 2. The van der Waals surface area contributed by atoms with Crippen molar-refractivity contribution in [2.75, 3.05) is 5.34 Å². The topological polar surface area (TPSA) is 146 Å². The predicted molar refractivity (Wildman–Crippen MR) is 240 cm³/mol. The maximum absolute atomic E-state index is 13.1. The minimum atomic E-state index is -6.05. The maximum Gasteiger partial charge on any atom is 0.534 e. The van der Waals surface area contributed by atoms with Gasteiger partial charge in [0.15, 0.2) is 0 Å². The van der Waals surface area contributed by atoms with E-state index < -0.39 is 127 Å². The summed E-state index contributed by atoms with van der Waals surface area (Å²) in [5.41, 5.74) is -10.6. The maximum atomic E-state index is 13.1. The molecule has 0 aliphatic heterocycles. The van der Waals surface area contributed by atoms with E-state index in [0.717, 1.165) is 23.3 Å². The molecule has 356 valence electrons. The van der Waals surface area contributed by atoms with Gasteiger partial charge >= 0.3 is 31.3 Å². The van der Waals surface area contributed by atoms with Crippen LogP contribution in [0.3, 0.4) is 0 Å². The van der Waals surface area contributed by atoms with Crippen LogP contribution in [-0.4, -0.2) is 60.0 Å². The van der Waals surface area contributed by atoms with Crippen LogP contribution in [-0.2, 0) is 20.2 Å². The zero-order valence-electron chi connectivity index (χ0n) is 45.3. The molecule has 10 nitrogen and oxygen atoms in total. The fourth-order valence-corrected chi connectivity index (χ4v) is 9.02. The fraction of sp³-hybridized carbons (Fsp3) is 0.512. The minimum Gasteiger partial charge on any atom is -0.544 e. The Morgan fingerprint density at radius 3 is 1.35 bits per heavy atom. The smallest absolute Gasteiger partial charge is 0.534 e. The lowest BCUT2D eigenvalue weighted by atomic mass is 9.74. The molecule has 2 aromatic rings. The molecule has 0 saturated carbocycles. The predicted octanol–water partition coefficient (Wildman–Crippen LogP) is 13.1. The summed E-state index contributed by atoms with van der Waals surface area (Å²) in [7, 11) is -17.1. The normalized spacial score (nSPS) is 22.3. The summed E-state index contributed by atoms with van der Waals surface area (Å²) in [6.07, 6.45) is 4.70. The number of rotatable bonds is 12. The summed E-state index contributed by atoms with van der Waals surface area (Å²) < 4.78 is 222. The van der Waals surface area contributed by atoms with E-state index in [1.165, 1.54) is 6.08 Å². The van der Waals surface area contributed by atoms with Crippen LogP contribution in [0, 0.1) is 11.8 Å². The summed E-state index contributed by atoms with van der Waals surface area (Å²) in [6.45, 7) is 7.09. The van der Waals surface area contributed by atoms with Gasteiger partial charge in [-0.05, 0) is 104 Å². The number of aromatic hydroxyl groups is 2. The monoisotopic (exact) mass is 1020 g/mol. The summed E-state index contributed by atoms with van der Waals surface area (Å²) in [5, 5.41) is 20.9. The number of halogens is 8. The van der Waals surface area contributed by atoms with E-state index in [4.69, 9.17) is 45.8 Å². The number of hydrogen-bond acceptors (Lipinski definition) is 10. The van der Waals surface area contributed by atoms with Gasteiger partial charge in [-0.3, -0.25) is 0 Å². The van der Waals surface area contributed by atoms with Crippen LogP contribution in [0.4, 0.5) is 26.3 Å². The highest BCUT2D eigenvalue weighted by atomic mass is 35.5. The summed E-state index contributed by atoms with van der Waals surface area (Å²) in [5.74, 6) is -7.01. The number of benzene rings is 2. The standard InChI is InChI=1S/C23H35F3O5SSi2.C17H19F3O5S.CH2Cl2/c1-15(2)18-11-10-16(3)12-19(18)22-20(30-33(4,5)6)13-17(14-21(22)31-34(7,8)9)29-32(27,28)23(24,25)26;1-9(2)12-5-4-10(3)6-13(12)16-14(21)7-11(8-15(16)22)25-26(23,24)17(18,19)20;2-1-3/h12-14,18-19H,1,10-11H2,2-9H3;6-8,12-13,21-22H,1,4-5H2,2-3H3;1H2/t18-,19+;12-,13+;/m00./s1/i2*1D2,2D3;. The van der Waals surface area contributed by atoms with Gasteiger partial charge in [0.1, 0.15) is 34.5 Å². The quantitative estimate of drug-likeness (QED) is 0.0526. The zero-order valence-corrected chi connectivity index (χ0v) is 40.5. The van der Waals surface area contributed by atoms with Gasteiger partial charge in [0.2, 0.25) is 16.6 Å². The van der Waals surface area contributed by atoms with Crippen LogP contribution in [0.1, 0.15) is 89.9 Å². The first-order valence-corrected chi connectivity index (χ1v) is 29.3. The Morgan fingerprint density at radius 2 is 1.05 bits per heavy atom. The van der Waals surface area contributed by atoms with Crippen molar-refractivity contribution in [3.8, 4) is 34.5 Å². The first kappa shape index (κ1) is 41.1. The van der Waals surface area contributed by atoms with Crippen molar-refractivity contribution in [2.24, 2.45) is 11.8 Å². The van der Waals surface area contributed by atoms with Gasteiger partial charge < -0.3 is 27.4 Å². The van der Waals surface area contributed by atoms with Crippen molar-refractivity contribution < 1.29 is 84.3 Å². The molecule has 63 heavy (non-hydrogen) atoms. The second-order valence-corrected chi connectivity index (χ2v) is 29.1. The highest BCUT2D eigenvalue weighted by molar-refractivity contribution is 7.88. The van der Waals surface area contributed by atoms with Crippen LogP contribution in [0.2, 0.25) is 39.3 Å². The van der Waals surface area contributed by atoms with Gasteiger partial charge in [0, 0.05) is 55.5 Å². The molecule has 22 heteroatoms. The third-order valence-electron chi connectivity index (χ3n) is 8.90. The Hall–Kier alpha value is -3.31. The second kappa shape index (κ2) is 21.3. The van der Waals surface area contributed by atoms with Crippen molar-refractivity contribution in [1.82, 2.24) is 0 Å². The lowest BCUT2D eigenvalue weighted by Gasteiger charge is -2.35. The van der Waals surface area contributed by atoms with Crippen LogP contribution in [0.25, 0.3) is 0 Å². The van der Waals surface area contributed by atoms with Gasteiger partial charge in [-0.1, -0.05) is 47.5 Å². The minimum absolute atomic E-state index is 0.000329. The van der Waals surface area contributed by atoms with Crippen LogP contribution < -0.4 is 17.2 Å². The molecule has 0 saturated heterocycles. The molecule has 4 atom stereocenters. The largest absolute Gasteiger partial charge is 0.544 e. The van der Waals surface area contributed by atoms with Crippen LogP contribution >= 0.6 is 23.2 Å². The molecule has 2 aromatic carbocycles. The Kier molecular flexibility index (Phi) is 13.9. The number of phenolic OH excluding ortho intramolecular Hbond substituents is 2. The van der Waals surface area contributed by atoms with E-state index in [-0.39, 0.29) is 34.4 Å². The molecule has 0 unspecified atom stereocenters. The molecule has 0 fully saturated rings. The van der Waals surface area contributed by atoms with E-state index in [2.05, 4.69) is 8.37 Å². The van der Waals surface area contributed by atoms with Gasteiger partial charge in [0.25, 0.3) is 0 Å². The Labute approximate surface area is 393 Å². The highest BCUT2D eigenvalue weighted by Gasteiger charge is 2.50. The first-order valence-electron chi connectivity index (χ1n) is 23.6. The Bertz CT molecular complexity index is 2610. The molecule has 0 aromatic heterocycles. The van der Waals surface area contributed by atoms with Gasteiger partial charge in [0.05, 0.1) is 10.8 Å². The van der Waals surface area contributed by atoms with Crippen molar-refractivity contribution in [3.63, 3.8) is 0 Å². The van der Waals surface area contributed by atoms with Crippen molar-refractivity contribution in [3.05, 3.63) is 82.9 Å². The SMILES string of the molecule is ClCCl.[2H]C([2H])=C([C@@H]1CCC(C)=C[C@H]1c1c(O)cc(OS(=O)(=O)C(F)(F)F)cc1O)C([2H])([2H])[2H].[2H]C([2H])=C([C@@H]1CCC(C)=C[C@H]1c1c(O[Si](C)(C)C)cc(OS(=O)(=O)C(F)(F)F)cc1O[Si](C)(C)C)C([2H])([2H])[2H]. The average Bonchev–Trinajstić information content (AvgIpc) is 3.13. The van der Waals surface area contributed by atoms with E-state index in [1.54, 1.807) is 13.0 Å². The van der Waals surface area contributed by atoms with E-state index in [0.29, 0.717) is 37.0 Å². The molecular weight excluding hydrogens is 958 g/mol. The lowest BCUT2D eigenvalue weighted by molar-refractivity contribution is -0.0504. The van der Waals surface area contributed by atoms with Crippen molar-refractivity contribution in [1.29, 1.82) is 0 Å². The van der Waals surface area contributed by atoms with E-state index >= 15 is 0 Å². The molecule has 4 rings (SSSR count). The summed E-state index contributed by atoms with van der Waals surface area (Å²) in [4.78, 5) is 0. The van der Waals surface area contributed by atoms with E-state index in [9.17, 15) is 53.4 Å². The molecule has 2 aliphatic rings. The molecule has 0 heterocycles. The third kappa shape index (κ3) is 16.0. The fourth-order valence-electron chi connectivity index (χ4n) is 6.47. The molecule has 0 bridgehead atoms. The zero-order chi connectivity index (χ0) is 57.0. The number of allylic oxidation sites excluding steroid dienone is 6. The van der Waals surface area contributed by atoms with Gasteiger partial charge in [-0.15, -0.1) is 23.2 Å². The number of alkyl halides is 8.